The molecule has 0 heterocycles. The minimum Gasteiger partial charge on any atom is -0.495 e. The Morgan fingerprint density at radius 1 is 1.04 bits per heavy atom. The Kier molecular flexibility index (Phi) is 6.79. The molecule has 0 saturated heterocycles. The fourth-order valence-corrected chi connectivity index (χ4v) is 2.67. The summed E-state index contributed by atoms with van der Waals surface area (Å²) < 4.78 is 10.4. The lowest BCUT2D eigenvalue weighted by molar-refractivity contribution is -0.116. The normalized spacial score (nSPS) is 10.3. The molecule has 7 heteroatoms. The molecule has 0 fully saturated rings. The monoisotopic (exact) mass is 382 g/mol. The Hall–Kier alpha value is -2.11. The van der Waals surface area contributed by atoms with Gasteiger partial charge in [0.25, 0.3) is 0 Å². The van der Waals surface area contributed by atoms with Crippen molar-refractivity contribution in [3.63, 3.8) is 0 Å². The number of hydrogen-bond acceptors (Lipinski definition) is 4. The van der Waals surface area contributed by atoms with E-state index in [4.69, 9.17) is 32.7 Å². The zero-order chi connectivity index (χ0) is 18.4. The lowest BCUT2D eigenvalue weighted by atomic mass is 10.2. The predicted molar refractivity (Wildman–Crippen MR) is 102 cm³/mol. The van der Waals surface area contributed by atoms with Gasteiger partial charge in [-0.3, -0.25) is 4.79 Å². The Morgan fingerprint density at radius 3 is 2.44 bits per heavy atom. The molecule has 0 unspecified atom stereocenters. The lowest BCUT2D eigenvalue weighted by Gasteiger charge is -2.14. The van der Waals surface area contributed by atoms with Gasteiger partial charge in [0.2, 0.25) is 5.91 Å². The molecule has 2 rings (SSSR count). The fraction of sp³-hybridized carbons (Fsp3) is 0.278. The molecule has 0 aliphatic carbocycles. The minimum absolute atomic E-state index is 0.158. The molecule has 25 heavy (non-hydrogen) atoms. The SMILES string of the molecule is COc1cc(NC(=O)CCNc2cc(Cl)ccc2C)c(OC)cc1Cl. The van der Waals surface area contributed by atoms with Crippen molar-refractivity contribution in [2.75, 3.05) is 31.4 Å². The molecule has 0 spiro atoms. The van der Waals surface area contributed by atoms with Crippen molar-refractivity contribution < 1.29 is 14.3 Å². The summed E-state index contributed by atoms with van der Waals surface area (Å²) in [6.07, 6.45) is 0.278. The maximum Gasteiger partial charge on any atom is 0.226 e. The summed E-state index contributed by atoms with van der Waals surface area (Å²) in [6, 6.07) is 8.82. The van der Waals surface area contributed by atoms with Crippen LogP contribution in [0.5, 0.6) is 11.5 Å². The first-order chi connectivity index (χ1) is 11.9. The van der Waals surface area contributed by atoms with Gasteiger partial charge in [0, 0.05) is 35.8 Å². The van der Waals surface area contributed by atoms with Crippen molar-refractivity contribution in [2.24, 2.45) is 0 Å². The number of nitrogens with one attached hydrogen (secondary N) is 2. The van der Waals surface area contributed by atoms with E-state index in [-0.39, 0.29) is 12.3 Å². The van der Waals surface area contributed by atoms with E-state index in [0.29, 0.717) is 33.8 Å². The molecular formula is C18H20Cl2N2O3. The minimum atomic E-state index is -0.158. The number of carbonyl (C=O) groups is 1. The summed E-state index contributed by atoms with van der Waals surface area (Å²) in [4.78, 5) is 12.2. The molecule has 0 aliphatic rings. The maximum atomic E-state index is 12.2. The van der Waals surface area contributed by atoms with Crippen LogP contribution in [0.3, 0.4) is 0 Å². The summed E-state index contributed by atoms with van der Waals surface area (Å²) in [5, 5.41) is 7.08. The van der Waals surface area contributed by atoms with Crippen LogP contribution in [0, 0.1) is 6.92 Å². The van der Waals surface area contributed by atoms with Crippen molar-refractivity contribution in [2.45, 2.75) is 13.3 Å². The van der Waals surface area contributed by atoms with Crippen LogP contribution in [0.1, 0.15) is 12.0 Å². The quantitative estimate of drug-likeness (QED) is 0.724. The number of carbonyl (C=O) groups excluding carboxylic acids is 1. The molecular weight excluding hydrogens is 363 g/mol. The highest BCUT2D eigenvalue weighted by molar-refractivity contribution is 6.32. The van der Waals surface area contributed by atoms with Crippen molar-refractivity contribution >= 4 is 40.5 Å². The van der Waals surface area contributed by atoms with Gasteiger partial charge in [0.15, 0.2) is 0 Å². The van der Waals surface area contributed by atoms with Crippen LogP contribution < -0.4 is 20.1 Å². The van der Waals surface area contributed by atoms with Crippen LogP contribution in [-0.2, 0) is 4.79 Å². The molecule has 0 aromatic heterocycles. The number of halogens is 2. The third kappa shape index (κ3) is 5.18. The first kappa shape index (κ1) is 19.2. The van der Waals surface area contributed by atoms with Gasteiger partial charge in [-0.15, -0.1) is 0 Å². The van der Waals surface area contributed by atoms with Crippen LogP contribution in [0.15, 0.2) is 30.3 Å². The predicted octanol–water partition coefficient (Wildman–Crippen LogP) is 4.76. The van der Waals surface area contributed by atoms with Gasteiger partial charge in [-0.05, 0) is 24.6 Å². The first-order valence-corrected chi connectivity index (χ1v) is 8.41. The third-order valence-electron chi connectivity index (χ3n) is 3.62. The van der Waals surface area contributed by atoms with E-state index in [1.807, 2.05) is 25.1 Å². The smallest absolute Gasteiger partial charge is 0.226 e. The van der Waals surface area contributed by atoms with Crippen LogP contribution in [0.2, 0.25) is 10.0 Å². The molecule has 0 saturated carbocycles. The average molecular weight is 383 g/mol. The van der Waals surface area contributed by atoms with E-state index in [1.165, 1.54) is 14.2 Å². The van der Waals surface area contributed by atoms with Gasteiger partial charge >= 0.3 is 0 Å². The Morgan fingerprint density at radius 2 is 1.76 bits per heavy atom. The Balaban J connectivity index is 1.97. The molecule has 2 N–H and O–H groups in total. The highest BCUT2D eigenvalue weighted by Crippen LogP contribution is 2.35. The standard InChI is InChI=1S/C18H20Cl2N2O3/c1-11-4-5-12(19)8-14(11)21-7-6-18(23)22-15-10-16(24-2)13(20)9-17(15)25-3/h4-5,8-10,21H,6-7H2,1-3H3,(H,22,23). The average Bonchev–Trinajstić information content (AvgIpc) is 2.59. The number of benzene rings is 2. The van der Waals surface area contributed by atoms with Gasteiger partial charge in [-0.2, -0.15) is 0 Å². The lowest BCUT2D eigenvalue weighted by Crippen LogP contribution is -2.17. The molecule has 1 amide bonds. The molecule has 5 nitrogen and oxygen atoms in total. The van der Waals surface area contributed by atoms with Crippen LogP contribution in [0.25, 0.3) is 0 Å². The van der Waals surface area contributed by atoms with E-state index in [1.54, 1.807) is 12.1 Å². The van der Waals surface area contributed by atoms with Crippen molar-refractivity contribution in [3.05, 3.63) is 45.9 Å². The maximum absolute atomic E-state index is 12.2. The second-order valence-corrected chi connectivity index (χ2v) is 6.21. The molecule has 134 valence electrons. The summed E-state index contributed by atoms with van der Waals surface area (Å²) in [6.45, 7) is 2.45. The van der Waals surface area contributed by atoms with Gasteiger partial charge in [0.05, 0.1) is 24.9 Å². The number of ether oxygens (including phenoxy) is 2. The van der Waals surface area contributed by atoms with Gasteiger partial charge in [-0.25, -0.2) is 0 Å². The summed E-state index contributed by atoms with van der Waals surface area (Å²) in [5.41, 5.74) is 2.48. The van der Waals surface area contributed by atoms with E-state index >= 15 is 0 Å². The van der Waals surface area contributed by atoms with Crippen LogP contribution in [-0.4, -0.2) is 26.7 Å². The van der Waals surface area contributed by atoms with Crippen molar-refractivity contribution in [1.82, 2.24) is 0 Å². The highest BCUT2D eigenvalue weighted by atomic mass is 35.5. The van der Waals surface area contributed by atoms with Gasteiger partial charge < -0.3 is 20.1 Å². The molecule has 0 bridgehead atoms. The molecule has 2 aromatic carbocycles. The van der Waals surface area contributed by atoms with Crippen LogP contribution >= 0.6 is 23.2 Å². The van der Waals surface area contributed by atoms with E-state index in [2.05, 4.69) is 10.6 Å². The Bertz CT molecular complexity index is 766. The molecule has 2 aromatic rings. The summed E-state index contributed by atoms with van der Waals surface area (Å²) in [5.74, 6) is 0.776. The van der Waals surface area contributed by atoms with Crippen LogP contribution in [0.4, 0.5) is 11.4 Å². The van der Waals surface area contributed by atoms with Crippen molar-refractivity contribution in [3.8, 4) is 11.5 Å². The highest BCUT2D eigenvalue weighted by Gasteiger charge is 2.12. The largest absolute Gasteiger partial charge is 0.495 e. The van der Waals surface area contributed by atoms with Gasteiger partial charge in [0.1, 0.15) is 11.5 Å². The fourth-order valence-electron chi connectivity index (χ4n) is 2.27. The molecule has 0 atom stereocenters. The summed E-state index contributed by atoms with van der Waals surface area (Å²) in [7, 11) is 3.02. The third-order valence-corrected chi connectivity index (χ3v) is 4.15. The second kappa shape index (κ2) is 8.83. The van der Waals surface area contributed by atoms with Gasteiger partial charge in [-0.1, -0.05) is 29.3 Å². The van der Waals surface area contributed by atoms with E-state index < -0.39 is 0 Å². The number of rotatable bonds is 7. The van der Waals surface area contributed by atoms with E-state index in [0.717, 1.165) is 11.3 Å². The topological polar surface area (TPSA) is 59.6 Å². The Labute approximate surface area is 157 Å². The van der Waals surface area contributed by atoms with E-state index in [9.17, 15) is 4.79 Å². The van der Waals surface area contributed by atoms with Crippen molar-refractivity contribution in [1.29, 1.82) is 0 Å². The zero-order valence-corrected chi connectivity index (χ0v) is 15.8. The molecule has 0 radical (unpaired) electrons. The second-order valence-electron chi connectivity index (χ2n) is 5.37. The number of aryl methyl sites for hydroxylation is 1. The number of anilines is 2. The number of amides is 1. The number of hydrogen-bond donors (Lipinski definition) is 2. The number of methoxy groups -OCH3 is 2. The first-order valence-electron chi connectivity index (χ1n) is 7.66. The zero-order valence-electron chi connectivity index (χ0n) is 14.3. The summed E-state index contributed by atoms with van der Waals surface area (Å²) >= 11 is 12.0. The molecule has 0 aliphatic heterocycles.